The molecule has 3 unspecified atom stereocenters. The number of ether oxygens (including phenoxy) is 3. The summed E-state index contributed by atoms with van der Waals surface area (Å²) in [5.74, 6) is 0.979. The first-order chi connectivity index (χ1) is 9.67. The third-order valence-electron chi connectivity index (χ3n) is 4.87. The van der Waals surface area contributed by atoms with E-state index in [9.17, 15) is 4.79 Å². The normalized spacial score (nSPS) is 34.9. The van der Waals surface area contributed by atoms with Gasteiger partial charge in [0.25, 0.3) is 0 Å². The van der Waals surface area contributed by atoms with Crippen molar-refractivity contribution >= 4 is 5.97 Å². The molecule has 3 atom stereocenters. The van der Waals surface area contributed by atoms with E-state index in [1.165, 1.54) is 12.7 Å². The van der Waals surface area contributed by atoms with Gasteiger partial charge in [0.1, 0.15) is 11.4 Å². The molecule has 2 aliphatic carbocycles. The van der Waals surface area contributed by atoms with Gasteiger partial charge in [0.2, 0.25) is 0 Å². The van der Waals surface area contributed by atoms with Gasteiger partial charge >= 0.3 is 5.97 Å². The highest BCUT2D eigenvalue weighted by atomic mass is 16.5. The number of carbonyl (C=O) groups excluding carboxylic acids is 1. The molecular formula is C16H22O4. The van der Waals surface area contributed by atoms with Gasteiger partial charge in [-0.25, -0.2) is 0 Å². The topological polar surface area (TPSA) is 44.8 Å². The molecule has 0 spiro atoms. The van der Waals surface area contributed by atoms with Gasteiger partial charge in [-0.2, -0.15) is 0 Å². The standard InChI is InChI=1S/C16H22O4/c1-4-5-10-9-20-16-7-6-11(15(17)19-3)12(14(10)16)8-13(16)18-2/h8,10-11H,4-7,9H2,1-3H3. The minimum absolute atomic E-state index is 0.142. The van der Waals surface area contributed by atoms with Crippen LogP contribution < -0.4 is 0 Å². The summed E-state index contributed by atoms with van der Waals surface area (Å²) in [7, 11) is 3.14. The van der Waals surface area contributed by atoms with Crippen LogP contribution in [-0.2, 0) is 19.0 Å². The summed E-state index contributed by atoms with van der Waals surface area (Å²) >= 11 is 0. The van der Waals surface area contributed by atoms with E-state index in [4.69, 9.17) is 14.2 Å². The molecule has 4 heteroatoms. The second-order valence-corrected chi connectivity index (χ2v) is 5.82. The molecule has 4 nitrogen and oxygen atoms in total. The van der Waals surface area contributed by atoms with Crippen LogP contribution in [0.5, 0.6) is 0 Å². The zero-order valence-electron chi connectivity index (χ0n) is 12.4. The lowest BCUT2D eigenvalue weighted by atomic mass is 9.74. The zero-order valence-corrected chi connectivity index (χ0v) is 12.4. The molecule has 2 bridgehead atoms. The lowest BCUT2D eigenvalue weighted by molar-refractivity contribution is -0.144. The molecule has 1 fully saturated rings. The highest BCUT2D eigenvalue weighted by molar-refractivity contribution is 5.79. The fourth-order valence-electron chi connectivity index (χ4n) is 4.05. The average molecular weight is 278 g/mol. The molecule has 0 aromatic rings. The number of rotatable bonds is 4. The van der Waals surface area contributed by atoms with Crippen LogP contribution in [0.2, 0.25) is 0 Å². The van der Waals surface area contributed by atoms with Gasteiger partial charge in [-0.3, -0.25) is 4.79 Å². The molecule has 110 valence electrons. The van der Waals surface area contributed by atoms with E-state index in [-0.39, 0.29) is 17.5 Å². The Balaban J connectivity index is 2.05. The number of carbonyl (C=O) groups is 1. The van der Waals surface area contributed by atoms with E-state index in [2.05, 4.69) is 6.92 Å². The van der Waals surface area contributed by atoms with Crippen molar-refractivity contribution < 1.29 is 19.0 Å². The van der Waals surface area contributed by atoms with E-state index in [0.717, 1.165) is 43.6 Å². The smallest absolute Gasteiger partial charge is 0.313 e. The van der Waals surface area contributed by atoms with Crippen molar-refractivity contribution in [1.82, 2.24) is 0 Å². The highest BCUT2D eigenvalue weighted by Gasteiger charge is 2.57. The fourth-order valence-corrected chi connectivity index (χ4v) is 4.05. The third-order valence-corrected chi connectivity index (χ3v) is 4.87. The minimum atomic E-state index is -0.381. The zero-order chi connectivity index (χ0) is 14.3. The van der Waals surface area contributed by atoms with Crippen molar-refractivity contribution in [3.8, 4) is 0 Å². The maximum Gasteiger partial charge on any atom is 0.313 e. The van der Waals surface area contributed by atoms with Gasteiger partial charge in [-0.15, -0.1) is 0 Å². The molecule has 0 N–H and O–H groups in total. The molecule has 1 heterocycles. The first kappa shape index (κ1) is 13.7. The van der Waals surface area contributed by atoms with E-state index in [1.54, 1.807) is 7.11 Å². The van der Waals surface area contributed by atoms with Crippen molar-refractivity contribution in [2.75, 3.05) is 20.8 Å². The SMILES string of the molecule is CCCC1COC23CCC(C(=O)OC)C(=C12)C=C3OC. The molecule has 0 saturated carbocycles. The van der Waals surface area contributed by atoms with Crippen LogP contribution in [0.3, 0.4) is 0 Å². The van der Waals surface area contributed by atoms with E-state index < -0.39 is 0 Å². The first-order valence-corrected chi connectivity index (χ1v) is 7.40. The Hall–Kier alpha value is -1.29. The average Bonchev–Trinajstić information content (AvgIpc) is 2.92. The van der Waals surface area contributed by atoms with Crippen LogP contribution in [0.1, 0.15) is 32.6 Å². The van der Waals surface area contributed by atoms with Gasteiger partial charge in [0.05, 0.1) is 26.7 Å². The van der Waals surface area contributed by atoms with E-state index in [1.807, 2.05) is 6.08 Å². The van der Waals surface area contributed by atoms with Crippen molar-refractivity contribution in [1.29, 1.82) is 0 Å². The Morgan fingerprint density at radius 3 is 2.95 bits per heavy atom. The van der Waals surface area contributed by atoms with E-state index in [0.29, 0.717) is 5.92 Å². The summed E-state index contributed by atoms with van der Waals surface area (Å²) in [4.78, 5) is 12.0. The lowest BCUT2D eigenvalue weighted by Gasteiger charge is -2.34. The van der Waals surface area contributed by atoms with E-state index >= 15 is 0 Å². The number of methoxy groups -OCH3 is 2. The highest BCUT2D eigenvalue weighted by Crippen LogP contribution is 2.57. The van der Waals surface area contributed by atoms with Crippen LogP contribution in [0, 0.1) is 11.8 Å². The number of hydrogen-bond donors (Lipinski definition) is 0. The molecular weight excluding hydrogens is 256 g/mol. The molecule has 3 rings (SSSR count). The van der Waals surface area contributed by atoms with Crippen LogP contribution in [0.4, 0.5) is 0 Å². The predicted octanol–water partition coefficient (Wildman–Crippen LogP) is 2.60. The molecule has 1 saturated heterocycles. The Labute approximate surface area is 119 Å². The van der Waals surface area contributed by atoms with Gasteiger partial charge in [-0.1, -0.05) is 13.3 Å². The van der Waals surface area contributed by atoms with Gasteiger partial charge in [0, 0.05) is 5.92 Å². The molecule has 1 aliphatic heterocycles. The number of hydrogen-bond acceptors (Lipinski definition) is 4. The van der Waals surface area contributed by atoms with Gasteiger partial charge in [-0.05, 0) is 36.5 Å². The Bertz CT molecular complexity index is 491. The third kappa shape index (κ3) is 1.67. The monoisotopic (exact) mass is 278 g/mol. The molecule has 0 aromatic heterocycles. The van der Waals surface area contributed by atoms with Gasteiger partial charge < -0.3 is 14.2 Å². The summed E-state index contributed by atoms with van der Waals surface area (Å²) < 4.78 is 16.7. The van der Waals surface area contributed by atoms with Crippen LogP contribution in [-0.4, -0.2) is 32.4 Å². The summed E-state index contributed by atoms with van der Waals surface area (Å²) in [6, 6.07) is 0. The lowest BCUT2D eigenvalue weighted by Crippen LogP contribution is -2.36. The molecule has 20 heavy (non-hydrogen) atoms. The second kappa shape index (κ2) is 4.92. The molecule has 3 aliphatic rings. The Morgan fingerprint density at radius 1 is 1.50 bits per heavy atom. The molecule has 0 aromatic carbocycles. The van der Waals surface area contributed by atoms with Crippen LogP contribution >= 0.6 is 0 Å². The summed E-state index contributed by atoms with van der Waals surface area (Å²) in [5.41, 5.74) is 2.00. The van der Waals surface area contributed by atoms with Crippen LogP contribution in [0.15, 0.2) is 23.0 Å². The molecule has 0 amide bonds. The largest absolute Gasteiger partial charge is 0.498 e. The van der Waals surface area contributed by atoms with Crippen molar-refractivity contribution in [3.05, 3.63) is 23.0 Å². The Morgan fingerprint density at radius 2 is 2.30 bits per heavy atom. The fraction of sp³-hybridized carbons (Fsp3) is 0.688. The summed E-state index contributed by atoms with van der Waals surface area (Å²) in [6.07, 6.45) is 5.82. The van der Waals surface area contributed by atoms with Crippen molar-refractivity contribution in [3.63, 3.8) is 0 Å². The van der Waals surface area contributed by atoms with Gasteiger partial charge in [0.15, 0.2) is 0 Å². The number of esters is 1. The maximum atomic E-state index is 12.0. The first-order valence-electron chi connectivity index (χ1n) is 7.40. The summed E-state index contributed by atoms with van der Waals surface area (Å²) in [6.45, 7) is 2.92. The maximum absolute atomic E-state index is 12.0. The Kier molecular flexibility index (Phi) is 3.36. The predicted molar refractivity (Wildman–Crippen MR) is 73.9 cm³/mol. The quantitative estimate of drug-likeness (QED) is 0.741. The molecule has 0 radical (unpaired) electrons. The minimum Gasteiger partial charge on any atom is -0.498 e. The second-order valence-electron chi connectivity index (χ2n) is 5.82. The number of allylic oxidation sites excluding steroid dienone is 1. The van der Waals surface area contributed by atoms with Crippen molar-refractivity contribution in [2.45, 2.75) is 38.2 Å². The van der Waals surface area contributed by atoms with Crippen LogP contribution in [0.25, 0.3) is 0 Å². The van der Waals surface area contributed by atoms with Crippen molar-refractivity contribution in [2.24, 2.45) is 11.8 Å². The summed E-state index contributed by atoms with van der Waals surface area (Å²) in [5, 5.41) is 0.